The lowest BCUT2D eigenvalue weighted by Crippen LogP contribution is -2.43. The number of benzene rings is 3. The van der Waals surface area contributed by atoms with Gasteiger partial charge in [0.25, 0.3) is 5.91 Å². The maximum absolute atomic E-state index is 14.2. The Labute approximate surface area is 266 Å². The summed E-state index contributed by atoms with van der Waals surface area (Å²) in [5.41, 5.74) is 3.60. The second-order valence-electron chi connectivity index (χ2n) is 13.0. The second kappa shape index (κ2) is 12.0. The third-order valence-electron chi connectivity index (χ3n) is 8.77. The number of aromatic nitrogens is 1. The number of sulfonamides is 1. The molecule has 4 aromatic rings. The van der Waals surface area contributed by atoms with Gasteiger partial charge < -0.3 is 18.8 Å². The molecule has 0 bridgehead atoms. The van der Waals surface area contributed by atoms with Crippen LogP contribution in [-0.2, 0) is 29.7 Å². The standard InChI is InChI=1S/C34H41N3O6SSi/c1-34(2,3)45(7,8)43-26-17-11-23(12-18-26)20-37-21-28-29(33(37)38)32(42-22-24-13-15-25(41-5)16-14-24)30-27(10-9-19-35-30)31(28)36(4)44(6,39)40/h9-19H,20-22H2,1-8H3. The average Bonchev–Trinajstić information content (AvgIpc) is 3.30. The molecule has 0 unspecified atom stereocenters. The van der Waals surface area contributed by atoms with E-state index in [-0.39, 0.29) is 24.1 Å². The van der Waals surface area contributed by atoms with Crippen molar-refractivity contribution >= 4 is 40.8 Å². The first kappa shape index (κ1) is 32.3. The third kappa shape index (κ3) is 6.50. The summed E-state index contributed by atoms with van der Waals surface area (Å²) in [7, 11) is -2.54. The molecule has 0 atom stereocenters. The van der Waals surface area contributed by atoms with Crippen molar-refractivity contribution < 1.29 is 27.1 Å². The highest BCUT2D eigenvalue weighted by atomic mass is 32.2. The van der Waals surface area contributed by atoms with Crippen LogP contribution < -0.4 is 18.2 Å². The molecule has 1 aliphatic rings. The van der Waals surface area contributed by atoms with E-state index in [0.717, 1.165) is 28.9 Å². The molecular weight excluding hydrogens is 607 g/mol. The van der Waals surface area contributed by atoms with Crippen LogP contribution in [0.4, 0.5) is 5.69 Å². The van der Waals surface area contributed by atoms with Crippen molar-refractivity contribution in [3.05, 3.63) is 89.1 Å². The van der Waals surface area contributed by atoms with E-state index >= 15 is 0 Å². The molecule has 45 heavy (non-hydrogen) atoms. The van der Waals surface area contributed by atoms with Crippen molar-refractivity contribution in [1.29, 1.82) is 0 Å². The lowest BCUT2D eigenvalue weighted by atomic mass is 10.0. The highest BCUT2D eigenvalue weighted by Crippen LogP contribution is 2.45. The van der Waals surface area contributed by atoms with Crippen LogP contribution >= 0.6 is 0 Å². The Balaban J connectivity index is 1.52. The van der Waals surface area contributed by atoms with Crippen molar-refractivity contribution in [1.82, 2.24) is 9.88 Å². The van der Waals surface area contributed by atoms with Gasteiger partial charge in [0, 0.05) is 37.3 Å². The van der Waals surface area contributed by atoms with Crippen molar-refractivity contribution in [2.24, 2.45) is 0 Å². The number of fused-ring (bicyclic) bond motifs is 2. The lowest BCUT2D eigenvalue weighted by molar-refractivity contribution is 0.0763. The molecule has 11 heteroatoms. The number of hydrogen-bond donors (Lipinski definition) is 0. The van der Waals surface area contributed by atoms with Gasteiger partial charge in [-0.25, -0.2) is 8.42 Å². The van der Waals surface area contributed by atoms with E-state index in [2.05, 4.69) is 38.8 Å². The van der Waals surface area contributed by atoms with E-state index in [0.29, 0.717) is 40.0 Å². The molecule has 0 fully saturated rings. The normalized spacial score (nSPS) is 13.6. The Hall–Kier alpha value is -4.09. The summed E-state index contributed by atoms with van der Waals surface area (Å²) in [6.45, 7) is 11.8. The summed E-state index contributed by atoms with van der Waals surface area (Å²) in [5, 5.41) is 0.664. The Morgan fingerprint density at radius 1 is 0.978 bits per heavy atom. The molecule has 0 radical (unpaired) electrons. The number of carbonyl (C=O) groups is 1. The van der Waals surface area contributed by atoms with Crippen molar-refractivity contribution in [2.75, 3.05) is 24.7 Å². The van der Waals surface area contributed by atoms with E-state index < -0.39 is 18.3 Å². The minimum Gasteiger partial charge on any atom is -0.544 e. The van der Waals surface area contributed by atoms with Crippen LogP contribution in [0.1, 0.15) is 47.8 Å². The minimum atomic E-state index is -3.66. The number of carbonyl (C=O) groups excluding carboxylic acids is 1. The van der Waals surface area contributed by atoms with E-state index in [9.17, 15) is 13.2 Å². The molecule has 0 saturated carbocycles. The van der Waals surface area contributed by atoms with E-state index in [1.54, 1.807) is 24.3 Å². The zero-order valence-corrected chi connectivity index (χ0v) is 29.0. The van der Waals surface area contributed by atoms with Gasteiger partial charge in [0.1, 0.15) is 23.6 Å². The van der Waals surface area contributed by atoms with Crippen LogP contribution in [-0.4, -0.2) is 52.9 Å². The molecule has 1 aromatic heterocycles. The maximum Gasteiger partial charge on any atom is 0.258 e. The Bertz CT molecular complexity index is 1840. The Morgan fingerprint density at radius 2 is 1.60 bits per heavy atom. The van der Waals surface area contributed by atoms with Gasteiger partial charge in [-0.3, -0.25) is 14.1 Å². The predicted molar refractivity (Wildman–Crippen MR) is 180 cm³/mol. The largest absolute Gasteiger partial charge is 0.544 e. The number of rotatable bonds is 10. The highest BCUT2D eigenvalue weighted by Gasteiger charge is 2.40. The number of amides is 1. The minimum absolute atomic E-state index is 0.0712. The van der Waals surface area contributed by atoms with E-state index in [1.807, 2.05) is 54.6 Å². The number of anilines is 1. The summed E-state index contributed by atoms with van der Waals surface area (Å²) >= 11 is 0. The van der Waals surface area contributed by atoms with E-state index in [4.69, 9.17) is 13.9 Å². The van der Waals surface area contributed by atoms with E-state index in [1.165, 1.54) is 11.4 Å². The van der Waals surface area contributed by atoms with Crippen molar-refractivity contribution in [2.45, 2.75) is 58.6 Å². The van der Waals surface area contributed by atoms with Crippen LogP contribution in [0.25, 0.3) is 10.9 Å². The van der Waals surface area contributed by atoms with Crippen molar-refractivity contribution in [3.63, 3.8) is 0 Å². The van der Waals surface area contributed by atoms with Gasteiger partial charge >= 0.3 is 0 Å². The van der Waals surface area contributed by atoms with Gasteiger partial charge in [0.15, 0.2) is 5.75 Å². The average molecular weight is 648 g/mol. The van der Waals surface area contributed by atoms with Gasteiger partial charge in [-0.1, -0.05) is 45.0 Å². The summed E-state index contributed by atoms with van der Waals surface area (Å²) in [6.07, 6.45) is 2.77. The molecule has 0 saturated heterocycles. The highest BCUT2D eigenvalue weighted by molar-refractivity contribution is 7.92. The summed E-state index contributed by atoms with van der Waals surface area (Å²) in [4.78, 5) is 20.5. The first-order chi connectivity index (χ1) is 21.1. The van der Waals surface area contributed by atoms with Gasteiger partial charge in [-0.15, -0.1) is 0 Å². The van der Waals surface area contributed by atoms with Crippen LogP contribution in [0.15, 0.2) is 66.9 Å². The van der Waals surface area contributed by atoms with Crippen LogP contribution in [0.5, 0.6) is 17.2 Å². The molecule has 3 aromatic carbocycles. The molecule has 5 rings (SSSR count). The first-order valence-electron chi connectivity index (χ1n) is 14.8. The molecule has 1 aliphatic heterocycles. The predicted octanol–water partition coefficient (Wildman–Crippen LogP) is 6.76. The fraction of sp³-hybridized carbons (Fsp3) is 0.353. The molecule has 0 aliphatic carbocycles. The monoisotopic (exact) mass is 647 g/mol. The third-order valence-corrected chi connectivity index (χ3v) is 14.3. The maximum atomic E-state index is 14.2. The van der Waals surface area contributed by atoms with Gasteiger partial charge in [0.05, 0.1) is 24.6 Å². The molecule has 2 heterocycles. The molecule has 0 spiro atoms. The van der Waals surface area contributed by atoms with Crippen LogP contribution in [0, 0.1) is 0 Å². The van der Waals surface area contributed by atoms with Gasteiger partial charge in [-0.05, 0) is 65.7 Å². The van der Waals surface area contributed by atoms with Gasteiger partial charge in [-0.2, -0.15) is 0 Å². The Morgan fingerprint density at radius 3 is 2.20 bits per heavy atom. The summed E-state index contributed by atoms with van der Waals surface area (Å²) < 4.78 is 45.0. The summed E-state index contributed by atoms with van der Waals surface area (Å²) in [6, 6.07) is 18.9. The fourth-order valence-electron chi connectivity index (χ4n) is 5.12. The number of pyridine rings is 1. The van der Waals surface area contributed by atoms with Gasteiger partial charge in [0.2, 0.25) is 18.3 Å². The fourth-order valence-corrected chi connectivity index (χ4v) is 6.69. The zero-order chi connectivity index (χ0) is 32.7. The zero-order valence-electron chi connectivity index (χ0n) is 27.2. The number of ether oxygens (including phenoxy) is 2. The molecular formula is C34H41N3O6SSi. The van der Waals surface area contributed by atoms with Crippen LogP contribution in [0.2, 0.25) is 18.1 Å². The smallest absolute Gasteiger partial charge is 0.258 e. The van der Waals surface area contributed by atoms with Crippen LogP contribution in [0.3, 0.4) is 0 Å². The number of methoxy groups -OCH3 is 1. The SMILES string of the molecule is COc1ccc(COc2c3c(c(N(C)S(C)(=O)=O)c4cccnc24)CN(Cc2ccc(O[Si](C)(C)C(C)(C)C)cc2)C3=O)cc1. The molecule has 1 amide bonds. The molecule has 0 N–H and O–H groups in total. The molecule has 238 valence electrons. The second-order valence-corrected chi connectivity index (χ2v) is 19.7. The molecule has 9 nitrogen and oxygen atoms in total. The number of hydrogen-bond acceptors (Lipinski definition) is 7. The number of nitrogens with zero attached hydrogens (tertiary/aromatic N) is 3. The quantitative estimate of drug-likeness (QED) is 0.176. The van der Waals surface area contributed by atoms with Crippen molar-refractivity contribution in [3.8, 4) is 17.2 Å². The first-order valence-corrected chi connectivity index (χ1v) is 19.6. The topological polar surface area (TPSA) is 98.3 Å². The summed E-state index contributed by atoms with van der Waals surface area (Å²) in [5.74, 6) is 1.63. The Kier molecular flexibility index (Phi) is 8.63. The lowest BCUT2D eigenvalue weighted by Gasteiger charge is -2.36.